The second-order valence-electron chi connectivity index (χ2n) is 5.23. The Bertz CT molecular complexity index is 1050. The normalized spacial score (nSPS) is 18.3. The number of hydrogen-bond acceptors (Lipinski definition) is 11. The third-order valence-corrected chi connectivity index (χ3v) is 15.6. The maximum absolute atomic E-state index is 8.90. The third-order valence-electron chi connectivity index (χ3n) is 3.43. The highest BCUT2D eigenvalue weighted by Gasteiger charge is 2.34. The highest BCUT2D eigenvalue weighted by molar-refractivity contribution is 8.49. The van der Waals surface area contributed by atoms with Gasteiger partial charge in [0.2, 0.25) is 0 Å². The van der Waals surface area contributed by atoms with E-state index in [1.807, 2.05) is 118 Å². The van der Waals surface area contributed by atoms with Crippen molar-refractivity contribution in [1.82, 2.24) is 0 Å². The van der Waals surface area contributed by atoms with E-state index < -0.39 is 0 Å². The van der Waals surface area contributed by atoms with Gasteiger partial charge in [-0.3, -0.25) is 0 Å². The average molecular weight is 543 g/mol. The van der Waals surface area contributed by atoms with Gasteiger partial charge in [-0.1, -0.05) is 70.6 Å². The number of thiophene rings is 1. The summed E-state index contributed by atoms with van der Waals surface area (Å²) in [4.78, 5) is 2.06. The number of allylic oxidation sites excluding steroid dienone is 1. The van der Waals surface area contributed by atoms with Crippen molar-refractivity contribution in [2.24, 2.45) is 0 Å². The van der Waals surface area contributed by atoms with Gasteiger partial charge < -0.3 is 0 Å². The van der Waals surface area contributed by atoms with Crippen LogP contribution >= 0.6 is 105 Å². The zero-order valence-corrected chi connectivity index (χ0v) is 22.2. The van der Waals surface area contributed by atoms with Crippen molar-refractivity contribution in [3.63, 3.8) is 0 Å². The Morgan fingerprint density at radius 1 is 0.793 bits per heavy atom. The van der Waals surface area contributed by atoms with Crippen LogP contribution < -0.4 is 0 Å². The molecule has 0 saturated carbocycles. The van der Waals surface area contributed by atoms with Crippen LogP contribution in [0.1, 0.15) is 9.75 Å². The molecule has 0 aromatic carbocycles. The molecule has 1 aromatic heterocycles. The molecule has 29 heavy (non-hydrogen) atoms. The zero-order chi connectivity index (χ0) is 20.4. The van der Waals surface area contributed by atoms with Crippen LogP contribution in [0.3, 0.4) is 0 Å². The van der Waals surface area contributed by atoms with E-state index in [4.69, 9.17) is 10.5 Å². The van der Waals surface area contributed by atoms with Gasteiger partial charge in [0, 0.05) is 9.75 Å². The van der Waals surface area contributed by atoms with Crippen LogP contribution in [0.2, 0.25) is 0 Å². The molecule has 11 heteroatoms. The zero-order valence-electron chi connectivity index (χ0n) is 14.9. The topological polar surface area (TPSA) is 47.6 Å². The van der Waals surface area contributed by atoms with E-state index in [0.29, 0.717) is 0 Å². The van der Waals surface area contributed by atoms with Gasteiger partial charge >= 0.3 is 0 Å². The molecule has 3 aliphatic rings. The molecular weight excluding hydrogens is 533 g/mol. The molecule has 4 heterocycles. The summed E-state index contributed by atoms with van der Waals surface area (Å²) in [5.74, 6) is 0. The highest BCUT2D eigenvalue weighted by atomic mass is 32.3. The fourth-order valence-corrected chi connectivity index (χ4v) is 14.8. The minimum Gasteiger partial charge on any atom is -0.192 e. The maximum atomic E-state index is 8.90. The van der Waals surface area contributed by atoms with Gasteiger partial charge in [0.05, 0.1) is 29.7 Å². The minimum atomic E-state index is 0.135. The van der Waals surface area contributed by atoms with Gasteiger partial charge in [0.25, 0.3) is 0 Å². The minimum absolute atomic E-state index is 0.135. The fraction of sp³-hybridized carbons (Fsp3) is 0.111. The van der Waals surface area contributed by atoms with Gasteiger partial charge in [0.1, 0.15) is 17.7 Å². The molecule has 0 amide bonds. The lowest BCUT2D eigenvalue weighted by Gasteiger charge is -2.05. The maximum Gasteiger partial charge on any atom is 0.131 e. The molecule has 2 nitrogen and oxygen atoms in total. The lowest BCUT2D eigenvalue weighted by Crippen LogP contribution is -1.70. The second-order valence-corrected chi connectivity index (χ2v) is 16.0. The molecule has 0 bridgehead atoms. The van der Waals surface area contributed by atoms with Crippen molar-refractivity contribution < 1.29 is 0 Å². The lowest BCUT2D eigenvalue weighted by atomic mass is 10.3. The van der Waals surface area contributed by atoms with E-state index in [1.165, 1.54) is 29.7 Å². The Kier molecular flexibility index (Phi) is 7.87. The van der Waals surface area contributed by atoms with E-state index in [-0.39, 0.29) is 5.57 Å². The largest absolute Gasteiger partial charge is 0.192 e. The number of thioether (sulfide) groups is 8. The standard InChI is InChI=1S/C18H10N2S9/c1-21-13-14(22-2)27-17(26-13)18-28-15-16(29-18)25-12(24-15)6-11-4-3-10(23-11)5-9(7-19)8-20/h3-6H,1-2H3. The van der Waals surface area contributed by atoms with Crippen molar-refractivity contribution in [1.29, 1.82) is 10.5 Å². The van der Waals surface area contributed by atoms with Gasteiger partial charge in [-0.25, -0.2) is 0 Å². The molecule has 0 unspecified atom stereocenters. The van der Waals surface area contributed by atoms with Gasteiger partial charge in [-0.2, -0.15) is 10.5 Å². The van der Waals surface area contributed by atoms with Crippen LogP contribution in [0.5, 0.6) is 0 Å². The van der Waals surface area contributed by atoms with Crippen molar-refractivity contribution in [2.45, 2.75) is 0 Å². The average Bonchev–Trinajstić information content (AvgIpc) is 3.48. The van der Waals surface area contributed by atoms with E-state index in [1.54, 1.807) is 17.4 Å². The second kappa shape index (κ2) is 10.2. The first kappa shape index (κ1) is 22.4. The van der Waals surface area contributed by atoms with E-state index in [9.17, 15) is 0 Å². The first-order valence-corrected chi connectivity index (χ1v) is 16.0. The molecular formula is C18H10N2S9. The van der Waals surface area contributed by atoms with Gasteiger partial charge in [0.15, 0.2) is 0 Å². The monoisotopic (exact) mass is 542 g/mol. The van der Waals surface area contributed by atoms with E-state index >= 15 is 0 Å². The summed E-state index contributed by atoms with van der Waals surface area (Å²) in [6, 6.07) is 7.81. The van der Waals surface area contributed by atoms with Gasteiger partial charge in [-0.15, -0.1) is 34.9 Å². The fourth-order valence-electron chi connectivity index (χ4n) is 2.22. The summed E-state index contributed by atoms with van der Waals surface area (Å²) in [5.41, 5.74) is 0.135. The molecule has 0 spiro atoms. The molecule has 146 valence electrons. The third kappa shape index (κ3) is 5.16. The van der Waals surface area contributed by atoms with Crippen LogP contribution in [0.15, 0.2) is 47.4 Å². The summed E-state index contributed by atoms with van der Waals surface area (Å²) in [6.07, 6.45) is 8.13. The van der Waals surface area contributed by atoms with Gasteiger partial charge in [-0.05, 0) is 36.8 Å². The van der Waals surface area contributed by atoms with Crippen LogP contribution in [-0.2, 0) is 0 Å². The van der Waals surface area contributed by atoms with Crippen molar-refractivity contribution in [3.05, 3.63) is 57.1 Å². The smallest absolute Gasteiger partial charge is 0.131 e. The Morgan fingerprint density at radius 3 is 1.86 bits per heavy atom. The number of rotatable bonds is 4. The Hall–Kier alpha value is 0.180. The molecule has 3 aliphatic heterocycles. The number of nitriles is 2. The first-order chi connectivity index (χ1) is 14.1. The summed E-state index contributed by atoms with van der Waals surface area (Å²) in [5, 5.41) is 17.8. The predicted molar refractivity (Wildman–Crippen MR) is 145 cm³/mol. The SMILES string of the molecule is CSC1=C(SC)SC(=C2SC3=C(SC(=Cc4ccc(C=C(C#N)C#N)s4)S3)S2)S1. The van der Waals surface area contributed by atoms with Crippen molar-refractivity contribution in [2.75, 3.05) is 12.5 Å². The Labute approximate surface area is 207 Å². The predicted octanol–water partition coefficient (Wildman–Crippen LogP) is 9.02. The Morgan fingerprint density at radius 2 is 1.31 bits per heavy atom. The molecule has 0 fully saturated rings. The summed E-state index contributed by atoms with van der Waals surface area (Å²) >= 11 is 16.5. The van der Waals surface area contributed by atoms with Crippen molar-refractivity contribution in [3.8, 4) is 12.1 Å². The number of nitrogens with zero attached hydrogens (tertiary/aromatic N) is 2. The molecule has 0 atom stereocenters. The first-order valence-electron chi connectivity index (χ1n) is 7.85. The molecule has 4 rings (SSSR count). The van der Waals surface area contributed by atoms with E-state index in [2.05, 4.69) is 18.6 Å². The van der Waals surface area contributed by atoms with Crippen LogP contribution in [-0.4, -0.2) is 12.5 Å². The van der Waals surface area contributed by atoms with Crippen molar-refractivity contribution >= 4 is 118 Å². The molecule has 0 radical (unpaired) electrons. The van der Waals surface area contributed by atoms with Crippen LogP contribution in [0, 0.1) is 22.7 Å². The van der Waals surface area contributed by atoms with Crippen LogP contribution in [0.25, 0.3) is 12.2 Å². The summed E-state index contributed by atoms with van der Waals surface area (Å²) < 4.78 is 9.68. The summed E-state index contributed by atoms with van der Waals surface area (Å²) in [6.45, 7) is 0. The quantitative estimate of drug-likeness (QED) is 0.344. The highest BCUT2D eigenvalue weighted by Crippen LogP contribution is 2.70. The Balaban J connectivity index is 1.41. The van der Waals surface area contributed by atoms with Crippen LogP contribution in [0.4, 0.5) is 0 Å². The molecule has 0 aliphatic carbocycles. The molecule has 1 aromatic rings. The summed E-state index contributed by atoms with van der Waals surface area (Å²) in [7, 11) is 0. The molecule has 0 saturated heterocycles. The number of hydrogen-bond donors (Lipinski definition) is 0. The lowest BCUT2D eigenvalue weighted by molar-refractivity contribution is 1.47. The molecule has 0 N–H and O–H groups in total. The van der Waals surface area contributed by atoms with E-state index in [0.717, 1.165) is 9.75 Å².